The van der Waals surface area contributed by atoms with Crippen LogP contribution >= 0.6 is 11.6 Å². The zero-order valence-corrected chi connectivity index (χ0v) is 18.8. The second-order valence-corrected chi connectivity index (χ2v) is 8.48. The lowest BCUT2D eigenvalue weighted by Crippen LogP contribution is -2.32. The second-order valence-electron chi connectivity index (χ2n) is 8.07. The van der Waals surface area contributed by atoms with Gasteiger partial charge in [-0.15, -0.1) is 0 Å². The van der Waals surface area contributed by atoms with E-state index in [4.69, 9.17) is 20.8 Å². The number of hydrogen-bond acceptors (Lipinski definition) is 5. The van der Waals surface area contributed by atoms with Crippen molar-refractivity contribution in [2.75, 3.05) is 34.3 Å². The fraction of sp³-hybridized carbons (Fsp3) is 0.333. The summed E-state index contributed by atoms with van der Waals surface area (Å²) in [4.78, 5) is 30.8. The molecule has 0 saturated heterocycles. The van der Waals surface area contributed by atoms with Crippen LogP contribution < -0.4 is 10.2 Å². The van der Waals surface area contributed by atoms with Crippen molar-refractivity contribution in [2.24, 2.45) is 0 Å². The van der Waals surface area contributed by atoms with E-state index in [0.717, 1.165) is 24.1 Å². The first-order chi connectivity index (χ1) is 14.8. The third-order valence-corrected chi connectivity index (χ3v) is 6.09. The van der Waals surface area contributed by atoms with Crippen LogP contribution in [-0.4, -0.2) is 50.0 Å². The third-order valence-electron chi connectivity index (χ3n) is 5.68. The number of carbonyl (C=O) groups excluding carboxylic acids is 1. The zero-order chi connectivity index (χ0) is 22.3. The third kappa shape index (κ3) is 3.70. The SMILES string of the molecule is COc1ccccc1C1c2c(oc3cc(C)c(Cl)cc3c2=O)C(=O)N1CCCN(C)C. The van der Waals surface area contributed by atoms with E-state index in [1.165, 1.54) is 0 Å². The van der Waals surface area contributed by atoms with Crippen molar-refractivity contribution < 1.29 is 13.9 Å². The van der Waals surface area contributed by atoms with Gasteiger partial charge in [-0.2, -0.15) is 0 Å². The Morgan fingerprint density at radius 2 is 1.94 bits per heavy atom. The van der Waals surface area contributed by atoms with Crippen molar-refractivity contribution in [1.82, 2.24) is 9.80 Å². The van der Waals surface area contributed by atoms with Gasteiger partial charge in [-0.25, -0.2) is 0 Å². The van der Waals surface area contributed by atoms with E-state index in [2.05, 4.69) is 4.90 Å². The van der Waals surface area contributed by atoms with Crippen LogP contribution in [0.1, 0.15) is 39.7 Å². The predicted octanol–water partition coefficient (Wildman–Crippen LogP) is 4.26. The van der Waals surface area contributed by atoms with E-state index in [1.807, 2.05) is 45.3 Å². The van der Waals surface area contributed by atoms with Gasteiger partial charge < -0.3 is 19.0 Å². The molecule has 4 rings (SSSR count). The van der Waals surface area contributed by atoms with Gasteiger partial charge in [0.1, 0.15) is 11.3 Å². The van der Waals surface area contributed by atoms with Crippen molar-refractivity contribution in [1.29, 1.82) is 0 Å². The predicted molar refractivity (Wildman–Crippen MR) is 121 cm³/mol. The summed E-state index contributed by atoms with van der Waals surface area (Å²) in [7, 11) is 5.56. The zero-order valence-electron chi connectivity index (χ0n) is 18.1. The number of methoxy groups -OCH3 is 1. The van der Waals surface area contributed by atoms with Crippen molar-refractivity contribution in [2.45, 2.75) is 19.4 Å². The van der Waals surface area contributed by atoms with E-state index in [1.54, 1.807) is 24.1 Å². The number of rotatable bonds is 6. The van der Waals surface area contributed by atoms with E-state index in [-0.39, 0.29) is 17.1 Å². The molecule has 1 aliphatic heterocycles. The summed E-state index contributed by atoms with van der Waals surface area (Å²) in [6, 6.07) is 10.2. The molecule has 0 saturated carbocycles. The molecule has 162 valence electrons. The molecule has 0 fully saturated rings. The quantitative estimate of drug-likeness (QED) is 0.573. The average Bonchev–Trinajstić information content (AvgIpc) is 3.01. The number of ether oxygens (including phenoxy) is 1. The summed E-state index contributed by atoms with van der Waals surface area (Å²) < 4.78 is 11.6. The van der Waals surface area contributed by atoms with Gasteiger partial charge in [0.2, 0.25) is 5.76 Å². The summed E-state index contributed by atoms with van der Waals surface area (Å²) in [5.74, 6) is 0.434. The van der Waals surface area contributed by atoms with Gasteiger partial charge >= 0.3 is 0 Å². The smallest absolute Gasteiger partial charge is 0.290 e. The fourth-order valence-electron chi connectivity index (χ4n) is 4.14. The Labute approximate surface area is 186 Å². The Balaban J connectivity index is 1.94. The lowest BCUT2D eigenvalue weighted by atomic mass is 9.97. The van der Waals surface area contributed by atoms with Crippen molar-refractivity contribution in [3.05, 3.63) is 74.1 Å². The summed E-state index contributed by atoms with van der Waals surface area (Å²) in [6.45, 7) is 3.14. The molecule has 1 aliphatic rings. The number of halogens is 1. The number of amides is 1. The highest BCUT2D eigenvalue weighted by Gasteiger charge is 2.43. The van der Waals surface area contributed by atoms with Crippen LogP contribution in [0.4, 0.5) is 0 Å². The fourth-order valence-corrected chi connectivity index (χ4v) is 4.31. The summed E-state index contributed by atoms with van der Waals surface area (Å²) in [5, 5.41) is 0.859. The molecule has 0 aliphatic carbocycles. The average molecular weight is 441 g/mol. The van der Waals surface area contributed by atoms with Crippen LogP contribution in [0.2, 0.25) is 5.02 Å². The second kappa shape index (κ2) is 8.36. The highest BCUT2D eigenvalue weighted by molar-refractivity contribution is 6.32. The van der Waals surface area contributed by atoms with E-state index >= 15 is 0 Å². The first-order valence-corrected chi connectivity index (χ1v) is 10.6. The Hall–Kier alpha value is -2.83. The molecule has 3 aromatic rings. The molecule has 0 bridgehead atoms. The first-order valence-electron chi connectivity index (χ1n) is 10.2. The molecule has 2 aromatic carbocycles. The Bertz CT molecular complexity index is 1220. The molecule has 1 unspecified atom stereocenters. The highest BCUT2D eigenvalue weighted by atomic mass is 35.5. The number of hydrogen-bond donors (Lipinski definition) is 0. The molecular formula is C24H25ClN2O4. The van der Waals surface area contributed by atoms with E-state index in [0.29, 0.717) is 33.8 Å². The molecule has 6 nitrogen and oxygen atoms in total. The number of fused-ring (bicyclic) bond motifs is 2. The van der Waals surface area contributed by atoms with Crippen LogP contribution in [-0.2, 0) is 0 Å². The molecule has 0 N–H and O–H groups in total. The molecule has 31 heavy (non-hydrogen) atoms. The van der Waals surface area contributed by atoms with Crippen LogP contribution in [0.15, 0.2) is 45.6 Å². The normalized spacial score (nSPS) is 15.7. The molecule has 1 atom stereocenters. The van der Waals surface area contributed by atoms with Gasteiger partial charge in [-0.3, -0.25) is 9.59 Å². The molecule has 2 heterocycles. The van der Waals surface area contributed by atoms with Crippen LogP contribution in [0.25, 0.3) is 11.0 Å². The van der Waals surface area contributed by atoms with E-state index < -0.39 is 6.04 Å². The number of para-hydroxylation sites is 1. The Morgan fingerprint density at radius 1 is 1.19 bits per heavy atom. The number of aryl methyl sites for hydroxylation is 1. The Morgan fingerprint density at radius 3 is 2.65 bits per heavy atom. The molecule has 1 amide bonds. The molecule has 0 spiro atoms. The van der Waals surface area contributed by atoms with Crippen LogP contribution in [0.5, 0.6) is 5.75 Å². The maximum absolute atomic E-state index is 13.6. The minimum atomic E-state index is -0.582. The molecule has 1 aromatic heterocycles. The summed E-state index contributed by atoms with van der Waals surface area (Å²) in [6.07, 6.45) is 0.761. The minimum Gasteiger partial charge on any atom is -0.496 e. The van der Waals surface area contributed by atoms with Gasteiger partial charge in [0.05, 0.1) is 24.1 Å². The van der Waals surface area contributed by atoms with Crippen molar-refractivity contribution in [3.8, 4) is 5.75 Å². The Kier molecular flexibility index (Phi) is 5.77. The van der Waals surface area contributed by atoms with Gasteiger partial charge in [0.25, 0.3) is 5.91 Å². The highest BCUT2D eigenvalue weighted by Crippen LogP contribution is 2.41. The van der Waals surface area contributed by atoms with Crippen LogP contribution in [0.3, 0.4) is 0 Å². The number of nitrogens with zero attached hydrogens (tertiary/aromatic N) is 2. The van der Waals surface area contributed by atoms with Crippen LogP contribution in [0, 0.1) is 6.92 Å². The molecule has 0 radical (unpaired) electrons. The maximum Gasteiger partial charge on any atom is 0.290 e. The first kappa shape index (κ1) is 21.4. The van der Waals surface area contributed by atoms with Crippen molar-refractivity contribution in [3.63, 3.8) is 0 Å². The van der Waals surface area contributed by atoms with Crippen molar-refractivity contribution >= 4 is 28.5 Å². The summed E-state index contributed by atoms with van der Waals surface area (Å²) >= 11 is 6.28. The number of benzene rings is 2. The standard InChI is InChI=1S/C24H25ClN2O4/c1-14-12-19-16(13-17(14)25)22(28)20-21(15-8-5-6-9-18(15)30-4)27(11-7-10-26(2)3)24(29)23(20)31-19/h5-6,8-9,12-13,21H,7,10-11H2,1-4H3. The summed E-state index contributed by atoms with van der Waals surface area (Å²) in [5.41, 5.74) is 2.01. The minimum absolute atomic E-state index is 0.0972. The van der Waals surface area contributed by atoms with Gasteiger partial charge in [-0.1, -0.05) is 29.8 Å². The van der Waals surface area contributed by atoms with Gasteiger partial charge in [-0.05, 0) is 57.7 Å². The molecular weight excluding hydrogens is 416 g/mol. The molecule has 7 heteroatoms. The maximum atomic E-state index is 13.6. The van der Waals surface area contributed by atoms with Gasteiger partial charge in [0.15, 0.2) is 5.43 Å². The van der Waals surface area contributed by atoms with E-state index in [9.17, 15) is 9.59 Å². The lowest BCUT2D eigenvalue weighted by molar-refractivity contribution is 0.0721. The largest absolute Gasteiger partial charge is 0.496 e. The monoisotopic (exact) mass is 440 g/mol. The topological polar surface area (TPSA) is 63.0 Å². The lowest BCUT2D eigenvalue weighted by Gasteiger charge is -2.26. The number of carbonyl (C=O) groups is 1. The van der Waals surface area contributed by atoms with Gasteiger partial charge in [0, 0.05) is 17.1 Å².